The lowest BCUT2D eigenvalue weighted by molar-refractivity contribution is 0.0533. The van der Waals surface area contributed by atoms with E-state index < -0.39 is 23.9 Å². The van der Waals surface area contributed by atoms with Crippen molar-refractivity contribution in [1.82, 2.24) is 5.48 Å². The minimum absolute atomic E-state index is 0.00441. The summed E-state index contributed by atoms with van der Waals surface area (Å²) < 4.78 is 18.9. The molecule has 1 aliphatic heterocycles. The van der Waals surface area contributed by atoms with Crippen molar-refractivity contribution in [2.24, 2.45) is 5.11 Å². The van der Waals surface area contributed by atoms with Gasteiger partial charge in [-0.3, -0.25) is 14.5 Å². The second kappa shape index (κ2) is 6.74. The maximum absolute atomic E-state index is 13.9. The first-order valence-corrected chi connectivity index (χ1v) is 6.18. The highest BCUT2D eigenvalue weighted by molar-refractivity contribution is 5.95. The normalized spacial score (nSPS) is 16.9. The van der Waals surface area contributed by atoms with Gasteiger partial charge in [-0.15, -0.1) is 0 Å². The number of hydrogen-bond acceptors (Lipinski definition) is 5. The third kappa shape index (κ3) is 3.25. The molecule has 0 saturated carbocycles. The van der Waals surface area contributed by atoms with Gasteiger partial charge in [0.1, 0.15) is 11.9 Å². The second-order valence-electron chi connectivity index (χ2n) is 4.33. The summed E-state index contributed by atoms with van der Waals surface area (Å²) in [7, 11) is 1.23. The number of halogens is 1. The van der Waals surface area contributed by atoms with E-state index in [1.807, 2.05) is 5.48 Å². The van der Waals surface area contributed by atoms with E-state index in [2.05, 4.69) is 14.9 Å². The predicted molar refractivity (Wildman–Crippen MR) is 72.5 cm³/mol. The summed E-state index contributed by atoms with van der Waals surface area (Å²) in [6.45, 7) is 0.121. The van der Waals surface area contributed by atoms with Crippen LogP contribution in [0, 0.1) is 5.82 Å². The quantitative estimate of drug-likeness (QED) is 0.386. The van der Waals surface area contributed by atoms with Gasteiger partial charge in [-0.1, -0.05) is 5.11 Å². The van der Waals surface area contributed by atoms with Gasteiger partial charge < -0.3 is 4.74 Å². The van der Waals surface area contributed by atoms with Gasteiger partial charge in [0, 0.05) is 4.91 Å². The Hall–Kier alpha value is -2.84. The maximum atomic E-state index is 13.9. The van der Waals surface area contributed by atoms with Gasteiger partial charge in [0.25, 0.3) is 5.91 Å². The molecule has 1 heterocycles. The number of azide groups is 1. The Balaban J connectivity index is 2.16. The highest BCUT2D eigenvalue weighted by atomic mass is 19.1. The van der Waals surface area contributed by atoms with E-state index in [1.165, 1.54) is 24.1 Å². The molecular weight excluding hydrogens is 297 g/mol. The molecule has 1 aliphatic rings. The third-order valence-electron chi connectivity index (χ3n) is 2.93. The van der Waals surface area contributed by atoms with E-state index in [0.29, 0.717) is 0 Å². The molecule has 0 bridgehead atoms. The number of benzene rings is 1. The molecule has 0 aliphatic carbocycles. The summed E-state index contributed by atoms with van der Waals surface area (Å²) in [5.74, 6) is -1.55. The molecular formula is C12H12FN5O4. The summed E-state index contributed by atoms with van der Waals surface area (Å²) in [5.41, 5.74) is 10.3. The number of nitrogens with one attached hydrogen (secondary N) is 1. The van der Waals surface area contributed by atoms with Crippen molar-refractivity contribution >= 4 is 17.7 Å². The summed E-state index contributed by atoms with van der Waals surface area (Å²) >= 11 is 0. The van der Waals surface area contributed by atoms with Crippen molar-refractivity contribution in [3.63, 3.8) is 0 Å². The van der Waals surface area contributed by atoms with Crippen LogP contribution in [0.25, 0.3) is 10.4 Å². The van der Waals surface area contributed by atoms with Crippen molar-refractivity contribution in [2.75, 3.05) is 25.1 Å². The van der Waals surface area contributed by atoms with Crippen LogP contribution in [0.5, 0.6) is 0 Å². The lowest BCUT2D eigenvalue weighted by Crippen LogP contribution is -2.26. The highest BCUT2D eigenvalue weighted by Crippen LogP contribution is 2.24. The van der Waals surface area contributed by atoms with Crippen LogP contribution in [0.3, 0.4) is 0 Å². The predicted octanol–water partition coefficient (Wildman–Crippen LogP) is 1.75. The number of ether oxygens (including phenoxy) is 1. The Morgan fingerprint density at radius 1 is 1.68 bits per heavy atom. The summed E-state index contributed by atoms with van der Waals surface area (Å²) in [5, 5.41) is 3.33. The van der Waals surface area contributed by atoms with Gasteiger partial charge in [0.05, 0.1) is 31.5 Å². The van der Waals surface area contributed by atoms with Crippen molar-refractivity contribution in [1.29, 1.82) is 0 Å². The van der Waals surface area contributed by atoms with E-state index in [1.54, 1.807) is 0 Å². The zero-order valence-electron chi connectivity index (χ0n) is 11.5. The molecule has 1 saturated heterocycles. The Morgan fingerprint density at radius 3 is 3.09 bits per heavy atom. The molecule has 0 radical (unpaired) electrons. The van der Waals surface area contributed by atoms with E-state index >= 15 is 0 Å². The van der Waals surface area contributed by atoms with Crippen LogP contribution < -0.4 is 10.4 Å². The molecule has 0 aromatic heterocycles. The maximum Gasteiger partial charge on any atom is 0.414 e. The van der Waals surface area contributed by atoms with E-state index in [4.69, 9.17) is 10.3 Å². The number of rotatable bonds is 5. The minimum Gasteiger partial charge on any atom is -0.444 e. The van der Waals surface area contributed by atoms with Gasteiger partial charge in [-0.25, -0.2) is 14.7 Å². The Kier molecular flexibility index (Phi) is 4.77. The van der Waals surface area contributed by atoms with E-state index in [9.17, 15) is 14.0 Å². The van der Waals surface area contributed by atoms with Crippen LogP contribution in [0.4, 0.5) is 14.9 Å². The molecule has 9 nitrogen and oxygen atoms in total. The van der Waals surface area contributed by atoms with Crippen LogP contribution in [0.1, 0.15) is 10.4 Å². The lowest BCUT2D eigenvalue weighted by Gasteiger charge is -2.14. The van der Waals surface area contributed by atoms with Crippen molar-refractivity contribution < 1.29 is 23.6 Å². The Bertz CT molecular complexity index is 646. The fourth-order valence-electron chi connectivity index (χ4n) is 1.96. The first kappa shape index (κ1) is 15.5. The van der Waals surface area contributed by atoms with Gasteiger partial charge in [-0.2, -0.15) is 0 Å². The molecule has 2 amide bonds. The SMILES string of the molecule is CONC(=O)c1ccc(N2C[C@@H](CN=[N+]=[N-])OC2=O)cc1F. The molecule has 0 spiro atoms. The number of carbonyl (C=O) groups is 2. The largest absolute Gasteiger partial charge is 0.444 e. The molecule has 116 valence electrons. The minimum atomic E-state index is -0.807. The first-order chi connectivity index (χ1) is 10.6. The highest BCUT2D eigenvalue weighted by Gasteiger charge is 2.32. The van der Waals surface area contributed by atoms with E-state index in [-0.39, 0.29) is 24.3 Å². The first-order valence-electron chi connectivity index (χ1n) is 6.18. The zero-order valence-corrected chi connectivity index (χ0v) is 11.5. The average molecular weight is 309 g/mol. The van der Waals surface area contributed by atoms with Crippen LogP contribution in [0.2, 0.25) is 0 Å². The zero-order chi connectivity index (χ0) is 16.1. The second-order valence-corrected chi connectivity index (χ2v) is 4.33. The van der Waals surface area contributed by atoms with Gasteiger partial charge in [-0.05, 0) is 23.7 Å². The van der Waals surface area contributed by atoms with Gasteiger partial charge >= 0.3 is 6.09 Å². The summed E-state index contributed by atoms with van der Waals surface area (Å²) in [6.07, 6.45) is -1.27. The molecule has 1 fully saturated rings. The van der Waals surface area contributed by atoms with Crippen molar-refractivity contribution in [3.05, 3.63) is 40.0 Å². The number of amides is 2. The number of cyclic esters (lactones) is 1. The number of hydroxylamine groups is 1. The monoisotopic (exact) mass is 309 g/mol. The molecule has 1 aromatic rings. The van der Waals surface area contributed by atoms with Crippen LogP contribution in [-0.2, 0) is 9.57 Å². The summed E-state index contributed by atoms with van der Waals surface area (Å²) in [4.78, 5) is 31.4. The molecule has 1 aromatic carbocycles. The standard InChI is InChI=1S/C12H12FN5O4/c1-21-16-11(19)9-3-2-7(4-10(9)13)18-6-8(5-15-17-14)22-12(18)20/h2-4,8H,5-6H2,1H3,(H,16,19)/t8-/m1/s1. The van der Waals surface area contributed by atoms with Crippen molar-refractivity contribution in [2.45, 2.75) is 6.10 Å². The number of anilines is 1. The molecule has 22 heavy (non-hydrogen) atoms. The van der Waals surface area contributed by atoms with E-state index in [0.717, 1.165) is 6.07 Å². The fraction of sp³-hybridized carbons (Fsp3) is 0.333. The van der Waals surface area contributed by atoms with Gasteiger partial charge in [0.2, 0.25) is 0 Å². The molecule has 0 unspecified atom stereocenters. The van der Waals surface area contributed by atoms with Crippen LogP contribution in [-0.4, -0.2) is 38.3 Å². The molecule has 1 atom stereocenters. The van der Waals surface area contributed by atoms with Crippen LogP contribution >= 0.6 is 0 Å². The average Bonchev–Trinajstić information content (AvgIpc) is 2.86. The summed E-state index contributed by atoms with van der Waals surface area (Å²) in [6, 6.07) is 3.68. The molecule has 1 N–H and O–H groups in total. The number of hydrogen-bond donors (Lipinski definition) is 1. The number of carbonyl (C=O) groups excluding carboxylic acids is 2. The fourth-order valence-corrected chi connectivity index (χ4v) is 1.96. The third-order valence-corrected chi connectivity index (χ3v) is 2.93. The smallest absolute Gasteiger partial charge is 0.414 e. The van der Waals surface area contributed by atoms with Crippen LogP contribution in [0.15, 0.2) is 23.3 Å². The molecule has 2 rings (SSSR count). The topological polar surface area (TPSA) is 117 Å². The lowest BCUT2D eigenvalue weighted by atomic mass is 10.1. The Morgan fingerprint density at radius 2 is 2.45 bits per heavy atom. The Labute approximate surface area is 124 Å². The van der Waals surface area contributed by atoms with Gasteiger partial charge in [0.15, 0.2) is 0 Å². The number of nitrogens with zero attached hydrogens (tertiary/aromatic N) is 4. The molecule has 10 heteroatoms. The van der Waals surface area contributed by atoms with Crippen molar-refractivity contribution in [3.8, 4) is 0 Å².